The number of methoxy groups -OCH3 is 1. The zero-order valence-electron chi connectivity index (χ0n) is 14.8. The van der Waals surface area contributed by atoms with Crippen molar-refractivity contribution < 1.29 is 9.84 Å². The van der Waals surface area contributed by atoms with Crippen molar-refractivity contribution in [3.8, 4) is 5.75 Å². The van der Waals surface area contributed by atoms with E-state index in [-0.39, 0.29) is 6.04 Å². The molecule has 3 fully saturated rings. The Bertz CT molecular complexity index is 776. The average Bonchev–Trinajstić information content (AvgIpc) is 2.98. The molecule has 1 aromatic heterocycles. The number of pyridine rings is 1. The Kier molecular flexibility index (Phi) is 4.48. The molecule has 0 saturated carbocycles. The molecule has 3 saturated heterocycles. The molecule has 3 unspecified atom stereocenters. The highest BCUT2D eigenvalue weighted by atomic mass is 16.5. The Morgan fingerprint density at radius 1 is 1.32 bits per heavy atom. The van der Waals surface area contributed by atoms with Crippen molar-refractivity contribution in [2.24, 2.45) is 11.8 Å². The fraction of sp³-hybridized carbons (Fsp3) is 0.476. The summed E-state index contributed by atoms with van der Waals surface area (Å²) in [6.45, 7) is 6.11. The third-order valence-electron chi connectivity index (χ3n) is 6.11. The summed E-state index contributed by atoms with van der Waals surface area (Å²) >= 11 is 0. The van der Waals surface area contributed by atoms with Gasteiger partial charge in [0.25, 0.3) is 0 Å². The number of fused-ring (bicyclic) bond motifs is 5. The Labute approximate surface area is 149 Å². The number of benzene rings is 1. The van der Waals surface area contributed by atoms with Crippen molar-refractivity contribution in [2.75, 3.05) is 20.2 Å². The van der Waals surface area contributed by atoms with Gasteiger partial charge < -0.3 is 9.84 Å². The van der Waals surface area contributed by atoms with Crippen molar-refractivity contribution in [3.63, 3.8) is 0 Å². The summed E-state index contributed by atoms with van der Waals surface area (Å²) in [6, 6.07) is 7.97. The molecule has 0 aliphatic carbocycles. The zero-order valence-corrected chi connectivity index (χ0v) is 14.8. The molecule has 3 aliphatic heterocycles. The van der Waals surface area contributed by atoms with Gasteiger partial charge in [-0.15, -0.1) is 6.58 Å². The predicted octanol–water partition coefficient (Wildman–Crippen LogP) is 3.56. The molecule has 4 nitrogen and oxygen atoms in total. The third-order valence-corrected chi connectivity index (χ3v) is 6.11. The highest BCUT2D eigenvalue weighted by Crippen LogP contribution is 2.40. The number of aliphatic hydroxyl groups excluding tert-OH is 1. The lowest BCUT2D eigenvalue weighted by Gasteiger charge is -2.38. The lowest BCUT2D eigenvalue weighted by molar-refractivity contribution is 0.0379. The Morgan fingerprint density at radius 2 is 2.20 bits per heavy atom. The first-order valence-electron chi connectivity index (χ1n) is 9.18. The lowest BCUT2D eigenvalue weighted by Crippen LogP contribution is -2.44. The largest absolute Gasteiger partial charge is 0.497 e. The van der Waals surface area contributed by atoms with Crippen molar-refractivity contribution in [1.82, 2.24) is 9.88 Å². The molecule has 4 heteroatoms. The minimum Gasteiger partial charge on any atom is -0.497 e. The molecule has 3 aliphatic rings. The van der Waals surface area contributed by atoms with E-state index in [1.807, 2.05) is 24.3 Å². The van der Waals surface area contributed by atoms with E-state index in [9.17, 15) is 5.11 Å². The average molecular weight is 338 g/mol. The van der Waals surface area contributed by atoms with Crippen LogP contribution in [-0.4, -0.2) is 41.2 Å². The summed E-state index contributed by atoms with van der Waals surface area (Å²) in [5.74, 6) is 2.07. The van der Waals surface area contributed by atoms with Gasteiger partial charge in [-0.3, -0.25) is 9.88 Å². The second kappa shape index (κ2) is 6.77. The van der Waals surface area contributed by atoms with Crippen LogP contribution in [0.5, 0.6) is 5.75 Å². The number of aliphatic hydroxyl groups is 1. The van der Waals surface area contributed by atoms with E-state index in [2.05, 4.69) is 22.5 Å². The van der Waals surface area contributed by atoms with E-state index >= 15 is 0 Å². The van der Waals surface area contributed by atoms with Crippen LogP contribution in [0.25, 0.3) is 10.9 Å². The first-order valence-corrected chi connectivity index (χ1v) is 9.18. The lowest BCUT2D eigenvalue weighted by atomic mass is 9.85. The van der Waals surface area contributed by atoms with E-state index in [0.29, 0.717) is 5.92 Å². The smallest absolute Gasteiger partial charge is 0.119 e. The summed E-state index contributed by atoms with van der Waals surface area (Å²) in [7, 11) is 1.67. The molecular formula is C21H26N2O2. The number of hydrogen-bond donors (Lipinski definition) is 1. The Morgan fingerprint density at radius 3 is 3.00 bits per heavy atom. The fourth-order valence-electron chi connectivity index (χ4n) is 4.65. The van der Waals surface area contributed by atoms with Crippen LogP contribution >= 0.6 is 0 Å². The highest BCUT2D eigenvalue weighted by molar-refractivity contribution is 5.83. The van der Waals surface area contributed by atoms with E-state index in [0.717, 1.165) is 47.6 Å². The second-order valence-corrected chi connectivity index (χ2v) is 7.32. The van der Waals surface area contributed by atoms with Crippen LogP contribution in [0.2, 0.25) is 0 Å². The van der Waals surface area contributed by atoms with Gasteiger partial charge >= 0.3 is 0 Å². The molecular weight excluding hydrogens is 312 g/mol. The summed E-state index contributed by atoms with van der Waals surface area (Å²) in [6.07, 6.45) is 6.80. The molecule has 2 bridgehead atoms. The van der Waals surface area contributed by atoms with Gasteiger partial charge in [-0.25, -0.2) is 0 Å². The first-order chi connectivity index (χ1) is 12.2. The molecule has 1 aromatic carbocycles. The maximum absolute atomic E-state index is 11.3. The molecule has 2 aromatic rings. The van der Waals surface area contributed by atoms with Crippen LogP contribution in [0.4, 0.5) is 0 Å². The number of aromatic nitrogens is 1. The van der Waals surface area contributed by atoms with Gasteiger partial charge in [0.05, 0.1) is 18.7 Å². The second-order valence-electron chi connectivity index (χ2n) is 7.32. The van der Waals surface area contributed by atoms with Crippen molar-refractivity contribution >= 4 is 10.9 Å². The van der Waals surface area contributed by atoms with Crippen molar-refractivity contribution in [1.29, 1.82) is 0 Å². The molecule has 1 N–H and O–H groups in total. The van der Waals surface area contributed by atoms with E-state index in [4.69, 9.17) is 4.74 Å². The molecule has 4 heterocycles. The Balaban J connectivity index is 1.70. The predicted molar refractivity (Wildman–Crippen MR) is 99.6 cm³/mol. The van der Waals surface area contributed by atoms with Gasteiger partial charge in [0.1, 0.15) is 5.75 Å². The Hall–Kier alpha value is -1.91. The van der Waals surface area contributed by atoms with Crippen molar-refractivity contribution in [2.45, 2.75) is 31.4 Å². The minimum atomic E-state index is -0.514. The van der Waals surface area contributed by atoms with Gasteiger partial charge in [0.2, 0.25) is 0 Å². The summed E-state index contributed by atoms with van der Waals surface area (Å²) in [4.78, 5) is 6.91. The van der Waals surface area contributed by atoms with Gasteiger partial charge in [0, 0.05) is 24.2 Å². The molecule has 0 spiro atoms. The maximum Gasteiger partial charge on any atom is 0.119 e. The fourth-order valence-corrected chi connectivity index (χ4v) is 4.65. The SMILES string of the molecule is C=CC1CN2CCC1CC[C@H]2[C@H](O)c1ccnc2ccc(OC)cc12. The standard InChI is InChI=1S/C21H26N2O2/c1-3-14-13-23-11-9-15(14)4-7-20(23)21(24)17-8-10-22-19-6-5-16(25-2)12-18(17)19/h3,5-6,8,10,12,14-15,20-21,24H,1,4,7,9,11,13H2,2H3/t14?,15?,20-,21+/m0/s1. The molecule has 5 atom stereocenters. The first kappa shape index (κ1) is 16.6. The molecule has 5 rings (SSSR count). The molecule has 0 amide bonds. The number of nitrogens with zero attached hydrogens (tertiary/aromatic N) is 2. The van der Waals surface area contributed by atoms with Crippen LogP contribution in [0.15, 0.2) is 43.1 Å². The summed E-state index contributed by atoms with van der Waals surface area (Å²) in [5, 5.41) is 12.3. The van der Waals surface area contributed by atoms with E-state index in [1.165, 1.54) is 12.8 Å². The van der Waals surface area contributed by atoms with Crippen LogP contribution in [0, 0.1) is 11.8 Å². The maximum atomic E-state index is 11.3. The van der Waals surface area contributed by atoms with Gasteiger partial charge in [-0.1, -0.05) is 6.08 Å². The normalized spacial score (nSPS) is 30.0. The van der Waals surface area contributed by atoms with E-state index in [1.54, 1.807) is 13.3 Å². The number of hydrogen-bond acceptors (Lipinski definition) is 4. The number of piperidine rings is 1. The minimum absolute atomic E-state index is 0.159. The van der Waals surface area contributed by atoms with Gasteiger partial charge in [0.15, 0.2) is 0 Å². The molecule has 25 heavy (non-hydrogen) atoms. The van der Waals surface area contributed by atoms with Crippen molar-refractivity contribution in [3.05, 3.63) is 48.7 Å². The molecule has 132 valence electrons. The molecule has 0 radical (unpaired) electrons. The van der Waals surface area contributed by atoms with Gasteiger partial charge in [-0.05, 0) is 67.5 Å². The summed E-state index contributed by atoms with van der Waals surface area (Å²) in [5.41, 5.74) is 1.85. The zero-order chi connectivity index (χ0) is 17.4. The highest BCUT2D eigenvalue weighted by Gasteiger charge is 2.38. The monoisotopic (exact) mass is 338 g/mol. The van der Waals surface area contributed by atoms with Crippen LogP contribution < -0.4 is 4.74 Å². The summed E-state index contributed by atoms with van der Waals surface area (Å²) < 4.78 is 5.37. The number of rotatable bonds is 4. The topological polar surface area (TPSA) is 45.6 Å². The number of ether oxygens (including phenoxy) is 1. The van der Waals surface area contributed by atoms with Crippen LogP contribution in [-0.2, 0) is 0 Å². The van der Waals surface area contributed by atoms with Crippen LogP contribution in [0.3, 0.4) is 0 Å². The quantitative estimate of drug-likeness (QED) is 0.866. The van der Waals surface area contributed by atoms with Gasteiger partial charge in [-0.2, -0.15) is 0 Å². The third kappa shape index (κ3) is 2.94. The van der Waals surface area contributed by atoms with Crippen LogP contribution in [0.1, 0.15) is 30.9 Å². The van der Waals surface area contributed by atoms with E-state index < -0.39 is 6.10 Å².